The molecule has 0 unspecified atom stereocenters. The number of hydrogen-bond donors (Lipinski definition) is 2. The monoisotopic (exact) mass is 401 g/mol. The molecule has 1 heterocycles. The number of aromatic amines is 1. The van der Waals surface area contributed by atoms with Gasteiger partial charge in [0.15, 0.2) is 9.84 Å². The molecule has 0 atom stereocenters. The van der Waals surface area contributed by atoms with E-state index in [0.717, 1.165) is 6.26 Å². The van der Waals surface area contributed by atoms with E-state index in [1.807, 2.05) is 0 Å². The molecule has 9 heteroatoms. The molecule has 0 saturated heterocycles. The van der Waals surface area contributed by atoms with E-state index in [4.69, 9.17) is 9.47 Å². The smallest absolute Gasteiger partial charge is 0.273 e. The molecule has 0 fully saturated rings. The number of aromatic nitrogens is 2. The molecule has 0 bridgehead atoms. The minimum atomic E-state index is -3.29. The van der Waals surface area contributed by atoms with Gasteiger partial charge >= 0.3 is 0 Å². The van der Waals surface area contributed by atoms with Crippen molar-refractivity contribution < 1.29 is 22.7 Å². The normalized spacial score (nSPS) is 11.1. The second-order valence-electron chi connectivity index (χ2n) is 5.98. The van der Waals surface area contributed by atoms with Crippen molar-refractivity contribution in [3.63, 3.8) is 0 Å². The molecule has 0 aliphatic rings. The Morgan fingerprint density at radius 3 is 2.36 bits per heavy atom. The van der Waals surface area contributed by atoms with E-state index in [9.17, 15) is 13.2 Å². The number of ether oxygens (including phenoxy) is 2. The first-order valence-corrected chi connectivity index (χ1v) is 10.1. The Hall–Kier alpha value is -3.33. The highest BCUT2D eigenvalue weighted by molar-refractivity contribution is 7.90. The molecule has 0 aliphatic carbocycles. The van der Waals surface area contributed by atoms with Crippen LogP contribution in [0.3, 0.4) is 0 Å². The van der Waals surface area contributed by atoms with Crippen LogP contribution in [0.15, 0.2) is 53.4 Å². The third-order valence-electron chi connectivity index (χ3n) is 4.05. The Labute approximate surface area is 162 Å². The summed E-state index contributed by atoms with van der Waals surface area (Å²) in [6, 6.07) is 12.8. The fourth-order valence-corrected chi connectivity index (χ4v) is 3.20. The van der Waals surface area contributed by atoms with Crippen molar-refractivity contribution >= 4 is 21.4 Å². The Morgan fingerprint density at radius 1 is 1.04 bits per heavy atom. The van der Waals surface area contributed by atoms with Crippen molar-refractivity contribution in [2.75, 3.05) is 25.8 Å². The lowest BCUT2D eigenvalue weighted by atomic mass is 10.1. The molecule has 1 aromatic heterocycles. The zero-order chi connectivity index (χ0) is 20.3. The fraction of sp³-hybridized carbons (Fsp3) is 0.158. The highest BCUT2D eigenvalue weighted by Crippen LogP contribution is 2.32. The maximum Gasteiger partial charge on any atom is 0.273 e. The molecule has 0 aliphatic heterocycles. The Balaban J connectivity index is 1.79. The number of sulfone groups is 1. The number of hydrogen-bond acceptors (Lipinski definition) is 6. The van der Waals surface area contributed by atoms with Crippen LogP contribution < -0.4 is 14.8 Å². The molecular weight excluding hydrogens is 382 g/mol. The maximum absolute atomic E-state index is 12.4. The average Bonchev–Trinajstić information content (AvgIpc) is 3.17. The largest absolute Gasteiger partial charge is 0.497 e. The highest BCUT2D eigenvalue weighted by Gasteiger charge is 2.15. The van der Waals surface area contributed by atoms with E-state index < -0.39 is 15.7 Å². The zero-order valence-corrected chi connectivity index (χ0v) is 16.3. The van der Waals surface area contributed by atoms with Crippen molar-refractivity contribution in [3.05, 3.63) is 54.2 Å². The molecule has 28 heavy (non-hydrogen) atoms. The lowest BCUT2D eigenvalue weighted by molar-refractivity contribution is 0.102. The Bertz CT molecular complexity index is 1100. The van der Waals surface area contributed by atoms with Gasteiger partial charge < -0.3 is 14.8 Å². The van der Waals surface area contributed by atoms with Crippen molar-refractivity contribution in [2.24, 2.45) is 0 Å². The summed E-state index contributed by atoms with van der Waals surface area (Å²) in [4.78, 5) is 12.6. The summed E-state index contributed by atoms with van der Waals surface area (Å²) < 4.78 is 33.5. The molecule has 8 nitrogen and oxygen atoms in total. The van der Waals surface area contributed by atoms with Crippen LogP contribution in [0.2, 0.25) is 0 Å². The van der Waals surface area contributed by atoms with Gasteiger partial charge in [-0.25, -0.2) is 8.42 Å². The number of methoxy groups -OCH3 is 2. The summed E-state index contributed by atoms with van der Waals surface area (Å²) in [6.07, 6.45) is 1.13. The number of carbonyl (C=O) groups excluding carboxylic acids is 1. The van der Waals surface area contributed by atoms with Crippen LogP contribution >= 0.6 is 0 Å². The van der Waals surface area contributed by atoms with Crippen LogP contribution in [0, 0.1) is 0 Å². The predicted octanol–water partition coefficient (Wildman–Crippen LogP) is 2.75. The highest BCUT2D eigenvalue weighted by atomic mass is 32.2. The van der Waals surface area contributed by atoms with Crippen molar-refractivity contribution in [2.45, 2.75) is 4.90 Å². The second kappa shape index (κ2) is 7.73. The molecule has 0 radical (unpaired) electrons. The van der Waals surface area contributed by atoms with Gasteiger partial charge in [-0.15, -0.1) is 0 Å². The molecular formula is C19H19N3O5S. The molecule has 2 N–H and O–H groups in total. The van der Waals surface area contributed by atoms with E-state index in [1.54, 1.807) is 38.5 Å². The average molecular weight is 401 g/mol. The fourth-order valence-electron chi connectivity index (χ4n) is 2.57. The zero-order valence-electron chi connectivity index (χ0n) is 15.5. The number of nitrogens with one attached hydrogen (secondary N) is 2. The van der Waals surface area contributed by atoms with Gasteiger partial charge in [-0.2, -0.15) is 5.10 Å². The quantitative estimate of drug-likeness (QED) is 0.657. The lowest BCUT2D eigenvalue weighted by Crippen LogP contribution is -2.12. The molecule has 3 rings (SSSR count). The van der Waals surface area contributed by atoms with Crippen LogP contribution in [-0.2, 0) is 9.84 Å². The first-order chi connectivity index (χ1) is 13.3. The van der Waals surface area contributed by atoms with E-state index >= 15 is 0 Å². The minimum absolute atomic E-state index is 0.181. The van der Waals surface area contributed by atoms with Crippen LogP contribution in [0.25, 0.3) is 11.3 Å². The molecule has 3 aromatic rings. The molecule has 1 amide bonds. The van der Waals surface area contributed by atoms with Gasteiger partial charge in [0.2, 0.25) is 0 Å². The van der Waals surface area contributed by atoms with Crippen molar-refractivity contribution in [1.29, 1.82) is 0 Å². The lowest BCUT2D eigenvalue weighted by Gasteiger charge is -2.08. The first-order valence-electron chi connectivity index (χ1n) is 8.21. The third kappa shape index (κ3) is 4.15. The molecule has 0 spiro atoms. The minimum Gasteiger partial charge on any atom is -0.497 e. The number of H-pyrrole nitrogens is 1. The van der Waals surface area contributed by atoms with Crippen LogP contribution in [0.5, 0.6) is 11.5 Å². The summed E-state index contributed by atoms with van der Waals surface area (Å²) in [7, 11) is -0.185. The number of benzene rings is 2. The van der Waals surface area contributed by atoms with Gasteiger partial charge in [-0.1, -0.05) is 0 Å². The number of carbonyl (C=O) groups is 1. The number of amides is 1. The standard InChI is InChI=1S/C19H19N3O5S/c1-26-13-6-9-15(18(10-13)27-2)16-11-17(22-21-16)19(23)20-12-4-7-14(8-5-12)28(3,24)25/h4-11H,1-3H3,(H,20,23)(H,21,22). The SMILES string of the molecule is COc1ccc(-c2cc(C(=O)Nc3ccc(S(C)(=O)=O)cc3)[nH]n2)c(OC)c1. The molecule has 2 aromatic carbocycles. The number of nitrogens with zero attached hydrogens (tertiary/aromatic N) is 1. The number of anilines is 1. The van der Waals surface area contributed by atoms with Crippen molar-refractivity contribution in [1.82, 2.24) is 10.2 Å². The van der Waals surface area contributed by atoms with E-state index in [2.05, 4.69) is 15.5 Å². The van der Waals surface area contributed by atoms with Crippen LogP contribution in [0.1, 0.15) is 10.5 Å². The predicted molar refractivity (Wildman–Crippen MR) is 105 cm³/mol. The summed E-state index contributed by atoms with van der Waals surface area (Å²) in [5, 5.41) is 9.56. The molecule has 0 saturated carbocycles. The van der Waals surface area contributed by atoms with E-state index in [-0.39, 0.29) is 10.6 Å². The van der Waals surface area contributed by atoms with Gasteiger partial charge in [0.05, 0.1) is 24.8 Å². The van der Waals surface area contributed by atoms with E-state index in [1.165, 1.54) is 24.3 Å². The third-order valence-corrected chi connectivity index (χ3v) is 5.18. The molecule has 146 valence electrons. The summed E-state index contributed by atoms with van der Waals surface area (Å²) in [5.74, 6) is 0.805. The summed E-state index contributed by atoms with van der Waals surface area (Å²) in [6.45, 7) is 0. The van der Waals surface area contributed by atoms with Gasteiger partial charge in [0.25, 0.3) is 5.91 Å². The van der Waals surface area contributed by atoms with Crippen LogP contribution in [0.4, 0.5) is 5.69 Å². The van der Waals surface area contributed by atoms with Gasteiger partial charge in [0, 0.05) is 23.6 Å². The summed E-state index contributed by atoms with van der Waals surface area (Å²) in [5.41, 5.74) is 1.96. The van der Waals surface area contributed by atoms with E-state index in [0.29, 0.717) is 28.4 Å². The maximum atomic E-state index is 12.4. The Morgan fingerprint density at radius 2 is 1.75 bits per heavy atom. The topological polar surface area (TPSA) is 110 Å². The second-order valence-corrected chi connectivity index (χ2v) is 8.00. The van der Waals surface area contributed by atoms with Gasteiger partial charge in [-0.3, -0.25) is 9.89 Å². The Kier molecular flexibility index (Phi) is 5.36. The summed E-state index contributed by atoms with van der Waals surface area (Å²) >= 11 is 0. The van der Waals surface area contributed by atoms with Gasteiger partial charge in [-0.05, 0) is 42.5 Å². The first kappa shape index (κ1) is 19.4. The van der Waals surface area contributed by atoms with Crippen LogP contribution in [-0.4, -0.2) is 45.0 Å². The number of rotatable bonds is 6. The van der Waals surface area contributed by atoms with Gasteiger partial charge in [0.1, 0.15) is 17.2 Å². The van der Waals surface area contributed by atoms with Crippen molar-refractivity contribution in [3.8, 4) is 22.8 Å².